The van der Waals surface area contributed by atoms with Crippen LogP contribution in [-0.2, 0) is 6.42 Å². The van der Waals surface area contributed by atoms with Gasteiger partial charge >= 0.3 is 0 Å². The summed E-state index contributed by atoms with van der Waals surface area (Å²) in [4.78, 5) is 14.0. The Kier molecular flexibility index (Phi) is 4.58. The Morgan fingerprint density at radius 1 is 1.32 bits per heavy atom. The largest absolute Gasteiger partial charge is 0.370 e. The number of rotatable bonds is 4. The van der Waals surface area contributed by atoms with E-state index in [0.717, 1.165) is 50.1 Å². The number of hydrogen-bond donors (Lipinski definition) is 1. The third-order valence-corrected chi connectivity index (χ3v) is 3.56. The average Bonchev–Trinajstić information content (AvgIpc) is 2.38. The lowest BCUT2D eigenvalue weighted by Gasteiger charge is -2.39. The minimum atomic E-state index is 0.493. The van der Waals surface area contributed by atoms with Gasteiger partial charge in [-0.05, 0) is 20.9 Å². The first kappa shape index (κ1) is 14.1. The number of nitrogens with zero attached hydrogens (tertiary/aromatic N) is 4. The monoisotopic (exact) mass is 263 g/mol. The highest BCUT2D eigenvalue weighted by Gasteiger charge is 2.23. The molecule has 0 amide bonds. The molecule has 0 spiro atoms. The first-order valence-electron chi connectivity index (χ1n) is 7.21. The molecule has 2 rings (SSSR count). The van der Waals surface area contributed by atoms with Crippen molar-refractivity contribution in [1.29, 1.82) is 0 Å². The number of piperazine rings is 1. The van der Waals surface area contributed by atoms with E-state index >= 15 is 0 Å². The molecule has 19 heavy (non-hydrogen) atoms. The van der Waals surface area contributed by atoms with Crippen molar-refractivity contribution >= 4 is 11.6 Å². The molecule has 1 atom stereocenters. The van der Waals surface area contributed by atoms with Gasteiger partial charge in [0.05, 0.1) is 0 Å². The van der Waals surface area contributed by atoms with E-state index in [2.05, 4.69) is 59.0 Å². The van der Waals surface area contributed by atoms with E-state index < -0.39 is 0 Å². The van der Waals surface area contributed by atoms with E-state index in [1.54, 1.807) is 0 Å². The average molecular weight is 263 g/mol. The SMILES string of the molecule is CCNc1cc(N2CCN(C)CC2C)nc(CC)n1. The molecule has 0 aromatic carbocycles. The molecule has 2 heterocycles. The number of aryl methyl sites for hydroxylation is 1. The Morgan fingerprint density at radius 3 is 2.74 bits per heavy atom. The molecule has 5 heteroatoms. The van der Waals surface area contributed by atoms with E-state index in [9.17, 15) is 0 Å². The molecule has 1 N–H and O–H groups in total. The van der Waals surface area contributed by atoms with Gasteiger partial charge in [-0.25, -0.2) is 9.97 Å². The molecule has 0 radical (unpaired) electrons. The first-order valence-corrected chi connectivity index (χ1v) is 7.21. The van der Waals surface area contributed by atoms with Crippen molar-refractivity contribution in [3.8, 4) is 0 Å². The Balaban J connectivity index is 2.25. The second-order valence-corrected chi connectivity index (χ2v) is 5.22. The molecule has 0 saturated carbocycles. The molecule has 1 unspecified atom stereocenters. The van der Waals surface area contributed by atoms with Gasteiger partial charge in [0.25, 0.3) is 0 Å². The van der Waals surface area contributed by atoms with Crippen LogP contribution in [0.3, 0.4) is 0 Å². The quantitative estimate of drug-likeness (QED) is 0.894. The van der Waals surface area contributed by atoms with Crippen LogP contribution in [0, 0.1) is 0 Å². The van der Waals surface area contributed by atoms with Crippen LogP contribution in [0.4, 0.5) is 11.6 Å². The Morgan fingerprint density at radius 2 is 2.11 bits per heavy atom. The second kappa shape index (κ2) is 6.19. The van der Waals surface area contributed by atoms with E-state index in [1.807, 2.05) is 0 Å². The van der Waals surface area contributed by atoms with E-state index in [4.69, 9.17) is 0 Å². The molecular formula is C14H25N5. The van der Waals surface area contributed by atoms with Crippen LogP contribution in [0.2, 0.25) is 0 Å². The highest BCUT2D eigenvalue weighted by molar-refractivity contribution is 5.50. The van der Waals surface area contributed by atoms with Crippen LogP contribution in [-0.4, -0.2) is 54.1 Å². The zero-order valence-electron chi connectivity index (χ0n) is 12.5. The van der Waals surface area contributed by atoms with Gasteiger partial charge in [-0.15, -0.1) is 0 Å². The minimum absolute atomic E-state index is 0.493. The topological polar surface area (TPSA) is 44.3 Å². The van der Waals surface area contributed by atoms with Gasteiger partial charge in [-0.1, -0.05) is 6.92 Å². The van der Waals surface area contributed by atoms with Crippen LogP contribution in [0.5, 0.6) is 0 Å². The fraction of sp³-hybridized carbons (Fsp3) is 0.714. The number of anilines is 2. The first-order chi connectivity index (χ1) is 9.13. The molecule has 5 nitrogen and oxygen atoms in total. The fourth-order valence-electron chi connectivity index (χ4n) is 2.54. The summed E-state index contributed by atoms with van der Waals surface area (Å²) < 4.78 is 0. The van der Waals surface area contributed by atoms with Crippen LogP contribution in [0.25, 0.3) is 0 Å². The summed E-state index contributed by atoms with van der Waals surface area (Å²) in [5.41, 5.74) is 0. The third kappa shape index (κ3) is 3.35. The van der Waals surface area contributed by atoms with Gasteiger partial charge < -0.3 is 15.1 Å². The highest BCUT2D eigenvalue weighted by Crippen LogP contribution is 2.21. The third-order valence-electron chi connectivity index (χ3n) is 3.56. The molecule has 1 aromatic rings. The van der Waals surface area contributed by atoms with Crippen LogP contribution >= 0.6 is 0 Å². The van der Waals surface area contributed by atoms with Crippen LogP contribution in [0.15, 0.2) is 6.07 Å². The zero-order valence-corrected chi connectivity index (χ0v) is 12.5. The van der Waals surface area contributed by atoms with Gasteiger partial charge in [0, 0.05) is 44.7 Å². The van der Waals surface area contributed by atoms with Crippen molar-refractivity contribution in [2.75, 3.05) is 43.4 Å². The maximum atomic E-state index is 4.69. The Bertz CT molecular complexity index is 420. The van der Waals surface area contributed by atoms with Crippen molar-refractivity contribution in [2.45, 2.75) is 33.2 Å². The van der Waals surface area contributed by atoms with Crippen LogP contribution in [0.1, 0.15) is 26.6 Å². The number of likely N-dealkylation sites (N-methyl/N-ethyl adjacent to an activating group) is 1. The maximum absolute atomic E-state index is 4.69. The van der Waals surface area contributed by atoms with Gasteiger partial charge in [-0.3, -0.25) is 0 Å². The lowest BCUT2D eigenvalue weighted by molar-refractivity contribution is 0.274. The summed E-state index contributed by atoms with van der Waals surface area (Å²) in [7, 11) is 2.18. The molecular weight excluding hydrogens is 238 g/mol. The Hall–Kier alpha value is -1.36. The predicted molar refractivity (Wildman–Crippen MR) is 79.9 cm³/mol. The predicted octanol–water partition coefficient (Wildman–Crippen LogP) is 1.61. The van der Waals surface area contributed by atoms with E-state index in [1.165, 1.54) is 0 Å². The Labute approximate surface area is 116 Å². The molecule has 1 saturated heterocycles. The number of hydrogen-bond acceptors (Lipinski definition) is 5. The van der Waals surface area contributed by atoms with Gasteiger partial charge in [0.15, 0.2) is 0 Å². The van der Waals surface area contributed by atoms with Crippen molar-refractivity contribution in [3.63, 3.8) is 0 Å². The summed E-state index contributed by atoms with van der Waals surface area (Å²) in [5.74, 6) is 2.92. The van der Waals surface area contributed by atoms with Gasteiger partial charge in [-0.2, -0.15) is 0 Å². The summed E-state index contributed by atoms with van der Waals surface area (Å²) in [5, 5.41) is 3.30. The minimum Gasteiger partial charge on any atom is -0.370 e. The molecule has 0 bridgehead atoms. The molecule has 0 aliphatic carbocycles. The summed E-state index contributed by atoms with van der Waals surface area (Å²) in [6, 6.07) is 2.57. The number of nitrogens with one attached hydrogen (secondary N) is 1. The van der Waals surface area contributed by atoms with Crippen molar-refractivity contribution < 1.29 is 0 Å². The lowest BCUT2D eigenvalue weighted by Crippen LogP contribution is -2.50. The number of aromatic nitrogens is 2. The van der Waals surface area contributed by atoms with Crippen molar-refractivity contribution in [1.82, 2.24) is 14.9 Å². The van der Waals surface area contributed by atoms with Crippen molar-refractivity contribution in [3.05, 3.63) is 11.9 Å². The van der Waals surface area contributed by atoms with Gasteiger partial charge in [0.2, 0.25) is 0 Å². The smallest absolute Gasteiger partial charge is 0.134 e. The standard InChI is InChI=1S/C14H25N5/c1-5-12-16-13(15-6-2)9-14(17-12)19-8-7-18(4)10-11(19)3/h9,11H,5-8,10H2,1-4H3,(H,15,16,17). The van der Waals surface area contributed by atoms with Crippen LogP contribution < -0.4 is 10.2 Å². The molecule has 1 aliphatic heterocycles. The zero-order chi connectivity index (χ0) is 13.8. The maximum Gasteiger partial charge on any atom is 0.134 e. The molecule has 106 valence electrons. The fourth-order valence-corrected chi connectivity index (χ4v) is 2.54. The molecule has 1 fully saturated rings. The van der Waals surface area contributed by atoms with E-state index in [0.29, 0.717) is 6.04 Å². The second-order valence-electron chi connectivity index (χ2n) is 5.22. The normalized spacial score (nSPS) is 20.6. The molecule has 1 aliphatic rings. The van der Waals surface area contributed by atoms with E-state index in [-0.39, 0.29) is 0 Å². The molecule has 1 aromatic heterocycles. The highest BCUT2D eigenvalue weighted by atomic mass is 15.3. The lowest BCUT2D eigenvalue weighted by atomic mass is 10.2. The van der Waals surface area contributed by atoms with Crippen molar-refractivity contribution in [2.24, 2.45) is 0 Å². The summed E-state index contributed by atoms with van der Waals surface area (Å²) in [6.07, 6.45) is 0.869. The van der Waals surface area contributed by atoms with Gasteiger partial charge in [0.1, 0.15) is 17.5 Å². The summed E-state index contributed by atoms with van der Waals surface area (Å²) >= 11 is 0. The summed E-state index contributed by atoms with van der Waals surface area (Å²) in [6.45, 7) is 10.5.